The van der Waals surface area contributed by atoms with Crippen LogP contribution in [0.5, 0.6) is 0 Å². The number of hydrogen-bond acceptors (Lipinski definition) is 2. The normalized spacial score (nSPS) is 12.3. The molecule has 0 aliphatic carbocycles. The lowest BCUT2D eigenvalue weighted by Crippen LogP contribution is -2.13. The summed E-state index contributed by atoms with van der Waals surface area (Å²) in [7, 11) is 0. The third-order valence-electron chi connectivity index (χ3n) is 3.82. The van der Waals surface area contributed by atoms with Crippen LogP contribution in [0.4, 0.5) is 11.4 Å². The summed E-state index contributed by atoms with van der Waals surface area (Å²) in [6.45, 7) is 11.3. The third kappa shape index (κ3) is 2.82. The van der Waals surface area contributed by atoms with Gasteiger partial charge in [-0.15, -0.1) is 0 Å². The van der Waals surface area contributed by atoms with Gasteiger partial charge in [-0.05, 0) is 65.8 Å². The highest BCUT2D eigenvalue weighted by molar-refractivity contribution is 5.50. The van der Waals surface area contributed by atoms with Gasteiger partial charge in [-0.25, -0.2) is 0 Å². The maximum Gasteiger partial charge on any atom is 0.293 e. The van der Waals surface area contributed by atoms with Crippen molar-refractivity contribution in [1.82, 2.24) is 0 Å². The first-order chi connectivity index (χ1) is 10.2. The van der Waals surface area contributed by atoms with E-state index < -0.39 is 0 Å². The van der Waals surface area contributed by atoms with Crippen LogP contribution in [0.25, 0.3) is 0 Å². The molecule has 0 N–H and O–H groups in total. The molecule has 116 valence electrons. The van der Waals surface area contributed by atoms with Gasteiger partial charge in [0.1, 0.15) is 0 Å². The Morgan fingerprint density at radius 2 is 0.773 bits per heavy atom. The Labute approximate surface area is 131 Å². The molecule has 0 bridgehead atoms. The fraction of sp³-hybridized carbons (Fsp3) is 0.333. The second-order valence-electron chi connectivity index (χ2n) is 6.04. The van der Waals surface area contributed by atoms with E-state index in [1.807, 2.05) is 65.8 Å². The molecule has 0 aliphatic heterocycles. The monoisotopic (exact) mass is 298 g/mol. The number of rotatable bonds is 2. The molecule has 0 unspecified atom stereocenters. The third-order valence-corrected chi connectivity index (χ3v) is 3.82. The zero-order valence-corrected chi connectivity index (χ0v) is 14.0. The van der Waals surface area contributed by atoms with Crippen molar-refractivity contribution in [1.29, 1.82) is 0 Å². The summed E-state index contributed by atoms with van der Waals surface area (Å²) in [5, 5.41) is 25.2. The van der Waals surface area contributed by atoms with E-state index in [-0.39, 0.29) is 0 Å². The topological polar surface area (TPSA) is 52.1 Å². The van der Waals surface area contributed by atoms with Crippen LogP contribution in [0.3, 0.4) is 0 Å². The summed E-state index contributed by atoms with van der Waals surface area (Å²) in [6, 6.07) is 7.65. The Hall–Kier alpha value is -2.36. The van der Waals surface area contributed by atoms with Crippen LogP contribution in [-0.4, -0.2) is 9.72 Å². The minimum absolute atomic E-state index is 0.417. The van der Waals surface area contributed by atoms with Crippen LogP contribution in [-0.2, 0) is 0 Å². The van der Waals surface area contributed by atoms with E-state index in [9.17, 15) is 10.4 Å². The fourth-order valence-corrected chi connectivity index (χ4v) is 3.13. The van der Waals surface area contributed by atoms with Gasteiger partial charge in [-0.3, -0.25) is 0 Å². The zero-order valence-electron chi connectivity index (χ0n) is 14.0. The van der Waals surface area contributed by atoms with E-state index in [0.29, 0.717) is 21.1 Å². The molecule has 0 saturated heterocycles. The quantitative estimate of drug-likeness (QED) is 0.446. The number of nitrogens with zero attached hydrogens (tertiary/aromatic N) is 2. The molecule has 2 aromatic carbocycles. The van der Waals surface area contributed by atoms with Crippen molar-refractivity contribution in [2.45, 2.75) is 41.5 Å². The minimum Gasteiger partial charge on any atom is -0.561 e. The first-order valence-electron chi connectivity index (χ1n) is 7.32. The van der Waals surface area contributed by atoms with Gasteiger partial charge in [0.05, 0.1) is 9.72 Å². The first-order valence-corrected chi connectivity index (χ1v) is 7.32. The molecule has 0 aromatic heterocycles. The van der Waals surface area contributed by atoms with Gasteiger partial charge in [-0.1, -0.05) is 11.1 Å². The number of aryl methyl sites for hydroxylation is 6. The lowest BCUT2D eigenvalue weighted by molar-refractivity contribution is -0.897. The van der Waals surface area contributed by atoms with E-state index in [1.54, 1.807) is 0 Å². The lowest BCUT2D eigenvalue weighted by Gasteiger charge is -2.11. The van der Waals surface area contributed by atoms with E-state index in [2.05, 4.69) is 0 Å². The average Bonchev–Trinajstić information content (AvgIpc) is 2.35. The van der Waals surface area contributed by atoms with Gasteiger partial charge in [0.15, 0.2) is 0 Å². The number of benzene rings is 2. The molecule has 0 spiro atoms. The Morgan fingerprint density at radius 1 is 0.545 bits per heavy atom. The molecule has 4 nitrogen and oxygen atoms in total. The van der Waals surface area contributed by atoms with Gasteiger partial charge in [0.2, 0.25) is 0 Å². The van der Waals surface area contributed by atoms with E-state index >= 15 is 0 Å². The predicted octanol–water partition coefficient (Wildman–Crippen LogP) is 4.97. The van der Waals surface area contributed by atoms with E-state index in [0.717, 1.165) is 33.4 Å². The van der Waals surface area contributed by atoms with Crippen molar-refractivity contribution in [3.8, 4) is 0 Å². The molecule has 0 aliphatic rings. The Morgan fingerprint density at radius 3 is 1.00 bits per heavy atom. The average molecular weight is 298 g/mol. The van der Waals surface area contributed by atoms with Crippen molar-refractivity contribution in [2.75, 3.05) is 0 Å². The summed E-state index contributed by atoms with van der Waals surface area (Å²) in [6.07, 6.45) is 0. The molecule has 2 aromatic rings. The van der Waals surface area contributed by atoms with Crippen molar-refractivity contribution < 1.29 is 9.72 Å². The van der Waals surface area contributed by atoms with Crippen molar-refractivity contribution in [3.05, 3.63) is 68.1 Å². The minimum atomic E-state index is 0.417. The van der Waals surface area contributed by atoms with Gasteiger partial charge in [0, 0.05) is 22.3 Å². The van der Waals surface area contributed by atoms with Crippen LogP contribution in [0.2, 0.25) is 0 Å². The maximum atomic E-state index is 12.6. The van der Waals surface area contributed by atoms with Gasteiger partial charge < -0.3 is 10.4 Å². The standard InChI is InChI=1S/C18H22N2O2/c1-11-7-13(3)17(14(4)8-11)19(21)20(22)18-15(5)9-12(2)10-16(18)6/h7-10H,1-6H3/b20-19+. The molecule has 0 amide bonds. The molecular formula is C18H22N2O2. The largest absolute Gasteiger partial charge is 0.561 e. The molecular weight excluding hydrogens is 276 g/mol. The molecule has 0 atom stereocenters. The Kier molecular flexibility index (Phi) is 4.22. The van der Waals surface area contributed by atoms with E-state index in [1.165, 1.54) is 0 Å². The predicted molar refractivity (Wildman–Crippen MR) is 87.9 cm³/mol. The zero-order chi connectivity index (χ0) is 16.6. The summed E-state index contributed by atoms with van der Waals surface area (Å²) < 4.78 is 0. The van der Waals surface area contributed by atoms with Gasteiger partial charge in [0.25, 0.3) is 11.4 Å². The summed E-state index contributed by atoms with van der Waals surface area (Å²) in [4.78, 5) is 0.906. The van der Waals surface area contributed by atoms with Crippen LogP contribution < -0.4 is 0 Å². The fourth-order valence-electron chi connectivity index (χ4n) is 3.13. The second kappa shape index (κ2) is 5.79. The van der Waals surface area contributed by atoms with Crippen molar-refractivity contribution >= 4 is 11.4 Å². The number of hydrogen-bond donors (Lipinski definition) is 0. The molecule has 22 heavy (non-hydrogen) atoms. The van der Waals surface area contributed by atoms with E-state index in [4.69, 9.17) is 0 Å². The highest BCUT2D eigenvalue weighted by Crippen LogP contribution is 2.29. The van der Waals surface area contributed by atoms with Crippen LogP contribution >= 0.6 is 0 Å². The van der Waals surface area contributed by atoms with Crippen LogP contribution in [0.1, 0.15) is 33.4 Å². The molecule has 2 rings (SSSR count). The molecule has 0 heterocycles. The molecule has 0 radical (unpaired) electrons. The molecule has 0 fully saturated rings. The SMILES string of the molecule is Cc1cc(C)c(/[N+]([O-])=[N+](\[O-])c2c(C)cc(C)cc2C)c(C)c1. The molecule has 0 saturated carbocycles. The summed E-state index contributed by atoms with van der Waals surface area (Å²) >= 11 is 0. The highest BCUT2D eigenvalue weighted by atomic mass is 16.6. The summed E-state index contributed by atoms with van der Waals surface area (Å²) in [5.41, 5.74) is 6.19. The lowest BCUT2D eigenvalue weighted by atomic mass is 10.1. The summed E-state index contributed by atoms with van der Waals surface area (Å²) in [5.74, 6) is 0. The Bertz CT molecular complexity index is 665. The molecule has 4 heteroatoms. The smallest absolute Gasteiger partial charge is 0.293 e. The Balaban J connectivity index is 2.70. The second-order valence-corrected chi connectivity index (χ2v) is 6.04. The first kappa shape index (κ1) is 16.0. The number of azo groups is 1. The van der Waals surface area contributed by atoms with Crippen LogP contribution in [0, 0.1) is 52.0 Å². The van der Waals surface area contributed by atoms with Crippen molar-refractivity contribution in [2.24, 2.45) is 0 Å². The van der Waals surface area contributed by atoms with Crippen molar-refractivity contribution in [3.63, 3.8) is 0 Å². The highest BCUT2D eigenvalue weighted by Gasteiger charge is 2.24. The maximum absolute atomic E-state index is 12.6. The van der Waals surface area contributed by atoms with Gasteiger partial charge in [-0.2, -0.15) is 0 Å². The van der Waals surface area contributed by atoms with Gasteiger partial charge >= 0.3 is 0 Å². The van der Waals surface area contributed by atoms with Crippen LogP contribution in [0.15, 0.2) is 24.3 Å².